The third-order valence-electron chi connectivity index (χ3n) is 3.13. The van der Waals surface area contributed by atoms with Crippen molar-refractivity contribution >= 4 is 5.95 Å². The molecule has 0 aliphatic rings. The van der Waals surface area contributed by atoms with Gasteiger partial charge in [-0.3, -0.25) is 0 Å². The van der Waals surface area contributed by atoms with Crippen molar-refractivity contribution in [3.8, 4) is 6.07 Å². The Kier molecular flexibility index (Phi) is 4.77. The number of aryl methyl sites for hydroxylation is 2. The minimum Gasteiger partial charge on any atom is -0.349 e. The number of nitrogens with one attached hydrogen (secondary N) is 1. The van der Waals surface area contributed by atoms with Crippen LogP contribution in [-0.2, 0) is 19.4 Å². The fourth-order valence-electron chi connectivity index (χ4n) is 1.95. The van der Waals surface area contributed by atoms with Gasteiger partial charge in [-0.1, -0.05) is 19.9 Å². The van der Waals surface area contributed by atoms with Gasteiger partial charge in [0.15, 0.2) is 0 Å². The lowest BCUT2D eigenvalue weighted by Crippen LogP contribution is -2.10. The van der Waals surface area contributed by atoms with Crippen molar-refractivity contribution in [2.45, 2.75) is 33.2 Å². The Hall–Kier alpha value is -2.55. The number of hydrogen-bond acceptors (Lipinski definition) is 5. The number of hydrogen-bond donors (Lipinski definition) is 1. The van der Waals surface area contributed by atoms with E-state index in [2.05, 4.69) is 20.5 Å². The van der Waals surface area contributed by atoms with Crippen LogP contribution in [0.3, 0.4) is 0 Å². The number of anilines is 1. The molecule has 0 saturated carbocycles. The molecule has 0 spiro atoms. The highest BCUT2D eigenvalue weighted by molar-refractivity contribution is 5.35. The van der Waals surface area contributed by atoms with Crippen LogP contribution in [0.4, 0.5) is 10.3 Å². The summed E-state index contributed by atoms with van der Waals surface area (Å²) in [5, 5.41) is 19.8. The summed E-state index contributed by atoms with van der Waals surface area (Å²) in [6.45, 7) is 4.26. The molecule has 0 radical (unpaired) electrons. The highest BCUT2D eigenvalue weighted by Crippen LogP contribution is 2.12. The van der Waals surface area contributed by atoms with E-state index < -0.39 is 5.82 Å². The van der Waals surface area contributed by atoms with E-state index in [-0.39, 0.29) is 6.54 Å². The summed E-state index contributed by atoms with van der Waals surface area (Å²) in [5.41, 5.74) is 2.54. The third kappa shape index (κ3) is 3.51. The van der Waals surface area contributed by atoms with Crippen molar-refractivity contribution in [1.29, 1.82) is 5.26 Å². The molecule has 5 nitrogen and oxygen atoms in total. The van der Waals surface area contributed by atoms with Crippen LogP contribution in [0.5, 0.6) is 0 Å². The normalized spacial score (nSPS) is 10.2. The van der Waals surface area contributed by atoms with Crippen molar-refractivity contribution < 1.29 is 4.39 Å². The Labute approximate surface area is 122 Å². The van der Waals surface area contributed by atoms with Gasteiger partial charge in [-0.2, -0.15) is 10.4 Å². The minimum absolute atomic E-state index is 0.244. The lowest BCUT2D eigenvalue weighted by atomic mass is 10.1. The molecule has 2 rings (SSSR count). The molecular formula is C15H16FN5. The largest absolute Gasteiger partial charge is 0.349 e. The molecule has 0 unspecified atom stereocenters. The van der Waals surface area contributed by atoms with Gasteiger partial charge in [0.2, 0.25) is 5.95 Å². The molecule has 21 heavy (non-hydrogen) atoms. The molecule has 0 aliphatic heterocycles. The van der Waals surface area contributed by atoms with Crippen molar-refractivity contribution in [2.75, 3.05) is 5.32 Å². The van der Waals surface area contributed by atoms with E-state index in [4.69, 9.17) is 5.26 Å². The van der Waals surface area contributed by atoms with Gasteiger partial charge in [0, 0.05) is 12.1 Å². The molecule has 0 fully saturated rings. The highest BCUT2D eigenvalue weighted by Gasteiger charge is 2.08. The molecule has 0 saturated heterocycles. The van der Waals surface area contributed by atoms with Gasteiger partial charge >= 0.3 is 0 Å². The summed E-state index contributed by atoms with van der Waals surface area (Å²) in [5.74, 6) is -0.0387. The van der Waals surface area contributed by atoms with Gasteiger partial charge in [0.25, 0.3) is 0 Å². The maximum atomic E-state index is 13.8. The van der Waals surface area contributed by atoms with E-state index in [1.54, 1.807) is 12.1 Å². The summed E-state index contributed by atoms with van der Waals surface area (Å²) in [7, 11) is 0. The van der Waals surface area contributed by atoms with Crippen LogP contribution in [0.15, 0.2) is 18.2 Å². The Bertz CT molecular complexity index is 678. The average Bonchev–Trinajstić information content (AvgIpc) is 2.53. The van der Waals surface area contributed by atoms with Crippen LogP contribution >= 0.6 is 0 Å². The molecule has 0 amide bonds. The first-order chi connectivity index (χ1) is 10.2. The van der Waals surface area contributed by atoms with Crippen molar-refractivity contribution in [3.05, 3.63) is 46.5 Å². The first-order valence-electron chi connectivity index (χ1n) is 6.82. The third-order valence-corrected chi connectivity index (χ3v) is 3.13. The number of halogens is 1. The molecule has 1 aromatic heterocycles. The fraction of sp³-hybridized carbons (Fsp3) is 0.333. The van der Waals surface area contributed by atoms with Crippen LogP contribution in [0.2, 0.25) is 0 Å². The number of rotatable bonds is 5. The van der Waals surface area contributed by atoms with E-state index in [0.29, 0.717) is 17.1 Å². The second-order valence-electron chi connectivity index (χ2n) is 4.51. The minimum atomic E-state index is -0.421. The molecular weight excluding hydrogens is 269 g/mol. The number of nitrogens with zero attached hydrogens (tertiary/aromatic N) is 4. The van der Waals surface area contributed by atoms with Crippen LogP contribution in [0, 0.1) is 17.1 Å². The first kappa shape index (κ1) is 14.9. The van der Waals surface area contributed by atoms with E-state index in [1.165, 1.54) is 6.07 Å². The number of benzene rings is 1. The fourth-order valence-corrected chi connectivity index (χ4v) is 1.95. The second-order valence-corrected chi connectivity index (χ2v) is 4.51. The van der Waals surface area contributed by atoms with Crippen molar-refractivity contribution in [3.63, 3.8) is 0 Å². The van der Waals surface area contributed by atoms with Gasteiger partial charge in [-0.05, 0) is 25.0 Å². The highest BCUT2D eigenvalue weighted by atomic mass is 19.1. The molecule has 0 bridgehead atoms. The lowest BCUT2D eigenvalue weighted by Gasteiger charge is -2.08. The topological polar surface area (TPSA) is 74.5 Å². The summed E-state index contributed by atoms with van der Waals surface area (Å²) in [6, 6.07) is 6.28. The molecule has 1 N–H and O–H groups in total. The maximum absolute atomic E-state index is 13.8. The molecule has 0 aliphatic carbocycles. The van der Waals surface area contributed by atoms with Crippen LogP contribution in [-0.4, -0.2) is 15.2 Å². The SMILES string of the molecule is CCc1nnc(NCc2ccc(C#N)cc2F)nc1CC. The quantitative estimate of drug-likeness (QED) is 0.914. The maximum Gasteiger partial charge on any atom is 0.243 e. The predicted molar refractivity (Wildman–Crippen MR) is 77.0 cm³/mol. The van der Waals surface area contributed by atoms with E-state index in [0.717, 1.165) is 24.2 Å². The lowest BCUT2D eigenvalue weighted by molar-refractivity contribution is 0.612. The standard InChI is InChI=1S/C15H16FN5/c1-3-13-14(4-2)20-21-15(19-13)18-9-11-6-5-10(8-17)7-12(11)16/h5-7H,3-4,9H2,1-2H3,(H,18,19,21). The smallest absolute Gasteiger partial charge is 0.243 e. The zero-order valence-electron chi connectivity index (χ0n) is 12.0. The Morgan fingerprint density at radius 1 is 1.19 bits per heavy atom. The average molecular weight is 285 g/mol. The van der Waals surface area contributed by atoms with Gasteiger partial charge in [0.1, 0.15) is 5.82 Å². The van der Waals surface area contributed by atoms with Gasteiger partial charge in [-0.25, -0.2) is 9.37 Å². The Balaban J connectivity index is 2.11. The van der Waals surface area contributed by atoms with E-state index in [1.807, 2.05) is 19.9 Å². The van der Waals surface area contributed by atoms with Crippen LogP contribution in [0.1, 0.15) is 36.4 Å². The van der Waals surface area contributed by atoms with Gasteiger partial charge in [0.05, 0.1) is 23.0 Å². The van der Waals surface area contributed by atoms with Crippen molar-refractivity contribution in [2.24, 2.45) is 0 Å². The zero-order chi connectivity index (χ0) is 15.2. The summed E-state index contributed by atoms with van der Waals surface area (Å²) < 4.78 is 13.8. The molecule has 1 aromatic carbocycles. The molecule has 2 aromatic rings. The van der Waals surface area contributed by atoms with E-state index >= 15 is 0 Å². The Morgan fingerprint density at radius 2 is 1.95 bits per heavy atom. The summed E-state index contributed by atoms with van der Waals surface area (Å²) in [6.07, 6.45) is 1.56. The van der Waals surface area contributed by atoms with Gasteiger partial charge < -0.3 is 5.32 Å². The number of nitriles is 1. The molecule has 0 atom stereocenters. The van der Waals surface area contributed by atoms with Crippen LogP contribution < -0.4 is 5.32 Å². The summed E-state index contributed by atoms with van der Waals surface area (Å²) in [4.78, 5) is 4.38. The second kappa shape index (κ2) is 6.75. The van der Waals surface area contributed by atoms with Gasteiger partial charge in [-0.15, -0.1) is 5.10 Å². The summed E-state index contributed by atoms with van der Waals surface area (Å²) >= 11 is 0. The predicted octanol–water partition coefficient (Wildman–Crippen LogP) is 2.62. The molecule has 6 heteroatoms. The Morgan fingerprint density at radius 3 is 2.57 bits per heavy atom. The zero-order valence-corrected chi connectivity index (χ0v) is 12.0. The first-order valence-corrected chi connectivity index (χ1v) is 6.82. The van der Waals surface area contributed by atoms with Crippen LogP contribution in [0.25, 0.3) is 0 Å². The molecule has 1 heterocycles. The molecule has 108 valence electrons. The monoisotopic (exact) mass is 285 g/mol. The van der Waals surface area contributed by atoms with E-state index in [9.17, 15) is 4.39 Å². The number of aromatic nitrogens is 3. The van der Waals surface area contributed by atoms with Crippen molar-refractivity contribution in [1.82, 2.24) is 15.2 Å².